The van der Waals surface area contributed by atoms with E-state index in [1.54, 1.807) is 24.3 Å². The Hall–Kier alpha value is -1.52. The molecular formula is C16H10Cl3NO2. The predicted octanol–water partition coefficient (Wildman–Crippen LogP) is 5.46. The molecule has 0 saturated carbocycles. The van der Waals surface area contributed by atoms with Crippen LogP contribution in [0.4, 0.5) is 0 Å². The molecule has 0 unspecified atom stereocenters. The molecule has 3 nitrogen and oxygen atoms in total. The number of halogens is 3. The summed E-state index contributed by atoms with van der Waals surface area (Å²) in [5, 5.41) is 15.1. The highest BCUT2D eigenvalue weighted by Gasteiger charge is 2.22. The van der Waals surface area contributed by atoms with Gasteiger partial charge in [-0.3, -0.25) is 0 Å². The smallest absolute Gasteiger partial charge is 0.174 e. The number of aliphatic hydroxyl groups is 1. The zero-order valence-electron chi connectivity index (χ0n) is 11.2. The molecule has 0 aliphatic heterocycles. The van der Waals surface area contributed by atoms with Crippen LogP contribution in [-0.4, -0.2) is 10.3 Å². The van der Waals surface area contributed by atoms with Crippen molar-refractivity contribution in [1.82, 2.24) is 5.16 Å². The molecule has 0 spiro atoms. The zero-order chi connectivity index (χ0) is 15.7. The Morgan fingerprint density at radius 3 is 2.32 bits per heavy atom. The molecule has 0 aliphatic rings. The van der Waals surface area contributed by atoms with Crippen LogP contribution in [0.5, 0.6) is 0 Å². The Morgan fingerprint density at radius 1 is 0.909 bits per heavy atom. The van der Waals surface area contributed by atoms with Gasteiger partial charge in [-0.25, -0.2) is 0 Å². The van der Waals surface area contributed by atoms with E-state index in [1.165, 1.54) is 0 Å². The topological polar surface area (TPSA) is 46.3 Å². The van der Waals surface area contributed by atoms with Crippen molar-refractivity contribution < 1.29 is 9.63 Å². The van der Waals surface area contributed by atoms with Crippen molar-refractivity contribution in [2.45, 2.75) is 6.61 Å². The molecule has 3 aromatic rings. The largest absolute Gasteiger partial charge is 0.391 e. The van der Waals surface area contributed by atoms with Gasteiger partial charge in [0.2, 0.25) is 0 Å². The molecule has 1 heterocycles. The average molecular weight is 355 g/mol. The van der Waals surface area contributed by atoms with Crippen LogP contribution in [0.15, 0.2) is 47.0 Å². The SMILES string of the molecule is OCc1c(-c2ccccc2Cl)noc1-c1cccc(Cl)c1Cl. The van der Waals surface area contributed by atoms with E-state index in [2.05, 4.69) is 5.16 Å². The van der Waals surface area contributed by atoms with Crippen LogP contribution >= 0.6 is 34.8 Å². The Kier molecular flexibility index (Phi) is 4.41. The molecule has 1 N–H and O–H groups in total. The van der Waals surface area contributed by atoms with Crippen LogP contribution < -0.4 is 0 Å². The lowest BCUT2D eigenvalue weighted by atomic mass is 10.0. The summed E-state index contributed by atoms with van der Waals surface area (Å²) in [6.45, 7) is -0.262. The Morgan fingerprint density at radius 2 is 1.59 bits per heavy atom. The molecule has 112 valence electrons. The quantitative estimate of drug-likeness (QED) is 0.679. The Labute approximate surface area is 142 Å². The number of rotatable bonds is 3. The highest BCUT2D eigenvalue weighted by Crippen LogP contribution is 2.39. The first-order valence-electron chi connectivity index (χ1n) is 6.42. The van der Waals surface area contributed by atoms with Gasteiger partial charge in [-0.2, -0.15) is 0 Å². The fraction of sp³-hybridized carbons (Fsp3) is 0.0625. The molecule has 0 amide bonds. The fourth-order valence-electron chi connectivity index (χ4n) is 2.21. The van der Waals surface area contributed by atoms with Gasteiger partial charge >= 0.3 is 0 Å². The molecule has 3 rings (SSSR count). The van der Waals surface area contributed by atoms with Crippen LogP contribution in [0.1, 0.15) is 5.56 Å². The maximum atomic E-state index is 9.74. The van der Waals surface area contributed by atoms with Gasteiger partial charge in [0.25, 0.3) is 0 Å². The Balaban J connectivity index is 2.20. The molecule has 22 heavy (non-hydrogen) atoms. The van der Waals surface area contributed by atoms with Gasteiger partial charge < -0.3 is 9.63 Å². The molecule has 1 aromatic heterocycles. The van der Waals surface area contributed by atoms with Crippen LogP contribution in [0.25, 0.3) is 22.6 Å². The molecular weight excluding hydrogens is 345 g/mol. The number of nitrogens with zero attached hydrogens (tertiary/aromatic N) is 1. The third kappa shape index (κ3) is 2.61. The second-order valence-electron chi connectivity index (χ2n) is 4.58. The second kappa shape index (κ2) is 6.31. The monoisotopic (exact) mass is 353 g/mol. The summed E-state index contributed by atoms with van der Waals surface area (Å²) in [6, 6.07) is 12.4. The van der Waals surface area contributed by atoms with Crippen molar-refractivity contribution >= 4 is 34.8 Å². The van der Waals surface area contributed by atoms with Gasteiger partial charge in [-0.1, -0.05) is 64.2 Å². The summed E-state index contributed by atoms with van der Waals surface area (Å²) in [6.07, 6.45) is 0. The lowest BCUT2D eigenvalue weighted by Crippen LogP contribution is -1.90. The van der Waals surface area contributed by atoms with E-state index >= 15 is 0 Å². The number of hydrogen-bond donors (Lipinski definition) is 1. The summed E-state index contributed by atoms with van der Waals surface area (Å²) in [5.74, 6) is 0.380. The van der Waals surface area contributed by atoms with Crippen LogP contribution in [0.2, 0.25) is 15.1 Å². The lowest BCUT2D eigenvalue weighted by Gasteiger charge is -2.05. The van der Waals surface area contributed by atoms with Crippen LogP contribution in [-0.2, 0) is 6.61 Å². The first-order valence-corrected chi connectivity index (χ1v) is 7.55. The molecule has 0 bridgehead atoms. The maximum Gasteiger partial charge on any atom is 0.174 e. The minimum atomic E-state index is -0.262. The van der Waals surface area contributed by atoms with Crippen molar-refractivity contribution in [1.29, 1.82) is 0 Å². The zero-order valence-corrected chi connectivity index (χ0v) is 13.5. The maximum absolute atomic E-state index is 9.74. The lowest BCUT2D eigenvalue weighted by molar-refractivity contribution is 0.281. The van der Waals surface area contributed by atoms with Gasteiger partial charge in [-0.15, -0.1) is 0 Å². The Bertz CT molecular complexity index is 830. The van der Waals surface area contributed by atoms with E-state index in [1.807, 2.05) is 18.2 Å². The molecule has 6 heteroatoms. The average Bonchev–Trinajstić information content (AvgIpc) is 2.94. The van der Waals surface area contributed by atoms with Crippen molar-refractivity contribution in [2.75, 3.05) is 0 Å². The minimum Gasteiger partial charge on any atom is -0.391 e. The fourth-order valence-corrected chi connectivity index (χ4v) is 2.82. The van der Waals surface area contributed by atoms with Gasteiger partial charge in [0.15, 0.2) is 5.76 Å². The van der Waals surface area contributed by atoms with E-state index in [9.17, 15) is 5.11 Å². The first-order chi connectivity index (χ1) is 10.6. The van der Waals surface area contributed by atoms with Crippen molar-refractivity contribution in [2.24, 2.45) is 0 Å². The normalized spacial score (nSPS) is 10.9. The van der Waals surface area contributed by atoms with Gasteiger partial charge in [0.05, 0.1) is 27.2 Å². The summed E-state index contributed by atoms with van der Waals surface area (Å²) < 4.78 is 5.41. The molecule has 0 atom stereocenters. The summed E-state index contributed by atoms with van der Waals surface area (Å²) >= 11 is 18.4. The van der Waals surface area contributed by atoms with Crippen LogP contribution in [0.3, 0.4) is 0 Å². The van der Waals surface area contributed by atoms with E-state index in [0.29, 0.717) is 43.2 Å². The summed E-state index contributed by atoms with van der Waals surface area (Å²) in [7, 11) is 0. The van der Waals surface area contributed by atoms with Gasteiger partial charge in [0.1, 0.15) is 5.69 Å². The molecule has 0 fully saturated rings. The van der Waals surface area contributed by atoms with E-state index in [-0.39, 0.29) is 6.61 Å². The first kappa shape index (κ1) is 15.4. The van der Waals surface area contributed by atoms with Crippen molar-refractivity contribution in [3.8, 4) is 22.6 Å². The van der Waals surface area contributed by atoms with E-state index in [4.69, 9.17) is 39.3 Å². The molecule has 2 aromatic carbocycles. The second-order valence-corrected chi connectivity index (χ2v) is 5.77. The van der Waals surface area contributed by atoms with Crippen molar-refractivity contribution in [3.63, 3.8) is 0 Å². The predicted molar refractivity (Wildman–Crippen MR) is 88.3 cm³/mol. The van der Waals surface area contributed by atoms with E-state index < -0.39 is 0 Å². The highest BCUT2D eigenvalue weighted by molar-refractivity contribution is 6.43. The number of aromatic nitrogens is 1. The van der Waals surface area contributed by atoms with Crippen molar-refractivity contribution in [3.05, 3.63) is 63.1 Å². The number of aliphatic hydroxyl groups excluding tert-OH is 1. The minimum absolute atomic E-state index is 0.262. The third-order valence-electron chi connectivity index (χ3n) is 3.27. The number of hydrogen-bond acceptors (Lipinski definition) is 3. The number of benzene rings is 2. The van der Waals surface area contributed by atoms with Gasteiger partial charge in [0, 0.05) is 11.1 Å². The van der Waals surface area contributed by atoms with E-state index in [0.717, 1.165) is 0 Å². The summed E-state index contributed by atoms with van der Waals surface area (Å²) in [4.78, 5) is 0. The van der Waals surface area contributed by atoms with Crippen LogP contribution in [0, 0.1) is 0 Å². The molecule has 0 radical (unpaired) electrons. The summed E-state index contributed by atoms with van der Waals surface area (Å²) in [5.41, 5.74) is 2.25. The van der Waals surface area contributed by atoms with Gasteiger partial charge in [-0.05, 0) is 18.2 Å². The standard InChI is InChI=1S/C16H10Cl3NO2/c17-12-6-2-1-4-9(12)15-11(8-21)16(22-20-15)10-5-3-7-13(18)14(10)19/h1-7,21H,8H2. The molecule has 0 aliphatic carbocycles. The third-order valence-corrected chi connectivity index (χ3v) is 4.42. The molecule has 0 saturated heterocycles. The highest BCUT2D eigenvalue weighted by atomic mass is 35.5.